The molecule has 1 saturated carbocycles. The van der Waals surface area contributed by atoms with Gasteiger partial charge in [0.05, 0.1) is 23.1 Å². The van der Waals surface area contributed by atoms with Gasteiger partial charge in [0.1, 0.15) is 23.5 Å². The first-order chi connectivity index (χ1) is 20.8. The second kappa shape index (κ2) is 12.0. The monoisotopic (exact) mass is 584 g/mol. The normalized spacial score (nSPS) is 19.8. The molecule has 1 aliphatic heterocycles. The number of non-ortho nitro benzene ring substituents is 1. The molecule has 6 rings (SSSR count). The molecule has 0 unspecified atom stereocenters. The molecule has 2 aromatic heterocycles. The van der Waals surface area contributed by atoms with Gasteiger partial charge in [-0.25, -0.2) is 9.97 Å². The maximum atomic E-state index is 12.9. The van der Waals surface area contributed by atoms with Crippen molar-refractivity contribution >= 4 is 34.1 Å². The molecular formula is C31H36N8O4. The summed E-state index contributed by atoms with van der Waals surface area (Å²) in [7, 11) is 3.72. The lowest BCUT2D eigenvalue weighted by atomic mass is 9.89. The molecule has 1 amide bonds. The van der Waals surface area contributed by atoms with E-state index in [2.05, 4.69) is 42.9 Å². The highest BCUT2D eigenvalue weighted by Gasteiger charge is 2.30. The second-order valence-electron chi connectivity index (χ2n) is 11.4. The molecule has 224 valence electrons. The van der Waals surface area contributed by atoms with Gasteiger partial charge in [0.15, 0.2) is 0 Å². The molecule has 12 heteroatoms. The molecule has 43 heavy (non-hydrogen) atoms. The van der Waals surface area contributed by atoms with Gasteiger partial charge in [-0.2, -0.15) is 0 Å². The number of carbonyl (C=O) groups excluding carboxylic acids is 1. The number of ether oxygens (including phenoxy) is 1. The van der Waals surface area contributed by atoms with E-state index < -0.39 is 10.8 Å². The number of nitrogen functional groups attached to an aromatic ring is 1. The number of amides is 1. The SMILES string of the molecule is COc1cc(-c2cn(C3CCC(N4CCN(C)CC4)CC3)c3ncnc(N)c23)ccc1NC(=O)c1cccc([N+](=O)[O-])c1. The molecule has 2 fully saturated rings. The fraction of sp³-hybridized carbons (Fsp3) is 0.387. The van der Waals surface area contributed by atoms with Crippen molar-refractivity contribution < 1.29 is 14.5 Å². The minimum absolute atomic E-state index is 0.154. The van der Waals surface area contributed by atoms with Crippen LogP contribution in [0, 0.1) is 10.1 Å². The Morgan fingerprint density at radius 2 is 1.79 bits per heavy atom. The number of methoxy groups -OCH3 is 1. The van der Waals surface area contributed by atoms with Gasteiger partial charge >= 0.3 is 0 Å². The number of piperazine rings is 1. The lowest BCUT2D eigenvalue weighted by molar-refractivity contribution is -0.384. The van der Waals surface area contributed by atoms with Crippen molar-refractivity contribution in [3.63, 3.8) is 0 Å². The van der Waals surface area contributed by atoms with Gasteiger partial charge in [-0.3, -0.25) is 19.8 Å². The summed E-state index contributed by atoms with van der Waals surface area (Å²) in [4.78, 5) is 37.5. The maximum absolute atomic E-state index is 12.9. The standard InChI is InChI=1S/C31H36N8O4/c1-36-12-14-37(15-13-36)22-7-9-23(10-8-22)38-18-25(28-29(32)33-19-34-30(28)38)20-6-11-26(27(17-20)43-2)35-31(40)21-4-3-5-24(16-21)39(41)42/h3-6,11,16-19,22-23H,7-10,12-15H2,1-2H3,(H,35,40)(H2,32,33,34). The smallest absolute Gasteiger partial charge is 0.270 e. The molecule has 4 aromatic rings. The van der Waals surface area contributed by atoms with Crippen LogP contribution in [0.5, 0.6) is 5.75 Å². The van der Waals surface area contributed by atoms with E-state index in [9.17, 15) is 14.9 Å². The molecule has 12 nitrogen and oxygen atoms in total. The summed E-state index contributed by atoms with van der Waals surface area (Å²) in [5.41, 5.74) is 9.44. The number of carbonyl (C=O) groups is 1. The largest absolute Gasteiger partial charge is 0.495 e. The lowest BCUT2D eigenvalue weighted by Crippen LogP contribution is -2.49. The predicted molar refractivity (Wildman–Crippen MR) is 165 cm³/mol. The van der Waals surface area contributed by atoms with Gasteiger partial charge in [-0.1, -0.05) is 12.1 Å². The Bertz CT molecular complexity index is 1660. The molecule has 0 bridgehead atoms. The van der Waals surface area contributed by atoms with E-state index in [1.54, 1.807) is 6.07 Å². The van der Waals surface area contributed by atoms with E-state index in [1.165, 1.54) is 37.7 Å². The summed E-state index contributed by atoms with van der Waals surface area (Å²) in [5.74, 6) is 0.378. The average Bonchev–Trinajstić information content (AvgIpc) is 3.43. The number of anilines is 2. The fourth-order valence-electron chi connectivity index (χ4n) is 6.41. The van der Waals surface area contributed by atoms with Crippen molar-refractivity contribution in [1.29, 1.82) is 0 Å². The van der Waals surface area contributed by atoms with Crippen LogP contribution in [-0.4, -0.2) is 81.5 Å². The van der Waals surface area contributed by atoms with E-state index in [-0.39, 0.29) is 11.3 Å². The summed E-state index contributed by atoms with van der Waals surface area (Å²) >= 11 is 0. The number of benzene rings is 2. The Balaban J connectivity index is 1.26. The number of likely N-dealkylation sites (N-methyl/N-ethyl adjacent to an activating group) is 1. The van der Waals surface area contributed by atoms with Crippen molar-refractivity contribution in [2.75, 3.05) is 51.4 Å². The van der Waals surface area contributed by atoms with E-state index in [0.29, 0.717) is 29.3 Å². The van der Waals surface area contributed by atoms with E-state index in [4.69, 9.17) is 10.5 Å². The molecule has 1 aliphatic carbocycles. The third-order valence-electron chi connectivity index (χ3n) is 8.83. The highest BCUT2D eigenvalue weighted by atomic mass is 16.6. The number of hydrogen-bond donors (Lipinski definition) is 2. The Labute approximate surface area is 249 Å². The van der Waals surface area contributed by atoms with Gasteiger partial charge in [-0.15, -0.1) is 0 Å². The van der Waals surface area contributed by atoms with Crippen LogP contribution in [0.3, 0.4) is 0 Å². The second-order valence-corrected chi connectivity index (χ2v) is 11.4. The number of nitrogens with one attached hydrogen (secondary N) is 1. The zero-order valence-corrected chi connectivity index (χ0v) is 24.4. The summed E-state index contributed by atoms with van der Waals surface area (Å²) in [6, 6.07) is 12.0. The molecule has 3 N–H and O–H groups in total. The number of nitro benzene ring substituents is 1. The molecule has 0 spiro atoms. The van der Waals surface area contributed by atoms with Crippen molar-refractivity contribution in [3.05, 3.63) is 70.7 Å². The predicted octanol–water partition coefficient (Wildman–Crippen LogP) is 4.58. The number of rotatable bonds is 7. The van der Waals surface area contributed by atoms with Crippen LogP contribution in [0.2, 0.25) is 0 Å². The lowest BCUT2D eigenvalue weighted by Gasteiger charge is -2.41. The van der Waals surface area contributed by atoms with Crippen molar-refractivity contribution in [2.45, 2.75) is 37.8 Å². The van der Waals surface area contributed by atoms with Crippen molar-refractivity contribution in [1.82, 2.24) is 24.3 Å². The van der Waals surface area contributed by atoms with Crippen LogP contribution in [0.1, 0.15) is 42.1 Å². The summed E-state index contributed by atoms with van der Waals surface area (Å²) in [5, 5.41) is 14.8. The zero-order valence-electron chi connectivity index (χ0n) is 24.4. The first-order valence-electron chi connectivity index (χ1n) is 14.6. The van der Waals surface area contributed by atoms with Gasteiger partial charge < -0.3 is 25.3 Å². The van der Waals surface area contributed by atoms with Crippen LogP contribution < -0.4 is 15.8 Å². The number of nitrogens with zero attached hydrogens (tertiary/aromatic N) is 6. The number of fused-ring (bicyclic) bond motifs is 1. The Morgan fingerprint density at radius 1 is 1.05 bits per heavy atom. The Kier molecular flexibility index (Phi) is 7.96. The van der Waals surface area contributed by atoms with E-state index in [0.717, 1.165) is 74.0 Å². The minimum Gasteiger partial charge on any atom is -0.495 e. The first kappa shape index (κ1) is 28.6. The number of hydrogen-bond acceptors (Lipinski definition) is 9. The van der Waals surface area contributed by atoms with Gasteiger partial charge in [0.2, 0.25) is 0 Å². The van der Waals surface area contributed by atoms with Crippen LogP contribution in [0.25, 0.3) is 22.2 Å². The number of nitro groups is 1. The van der Waals surface area contributed by atoms with E-state index in [1.807, 2.05) is 12.1 Å². The van der Waals surface area contributed by atoms with Crippen LogP contribution in [0.15, 0.2) is 55.0 Å². The number of nitrogens with two attached hydrogens (primary N) is 1. The fourth-order valence-corrected chi connectivity index (χ4v) is 6.41. The molecular weight excluding hydrogens is 548 g/mol. The molecule has 1 saturated heterocycles. The maximum Gasteiger partial charge on any atom is 0.270 e. The zero-order chi connectivity index (χ0) is 30.1. The Hall–Kier alpha value is -4.55. The molecule has 0 atom stereocenters. The third-order valence-corrected chi connectivity index (χ3v) is 8.83. The van der Waals surface area contributed by atoms with E-state index >= 15 is 0 Å². The van der Waals surface area contributed by atoms with Crippen molar-refractivity contribution in [2.24, 2.45) is 0 Å². The van der Waals surface area contributed by atoms with Gasteiger partial charge in [0.25, 0.3) is 11.6 Å². The van der Waals surface area contributed by atoms with Crippen LogP contribution in [-0.2, 0) is 0 Å². The summed E-state index contributed by atoms with van der Waals surface area (Å²) in [6.45, 7) is 4.52. The topological polar surface area (TPSA) is 145 Å². The summed E-state index contributed by atoms with van der Waals surface area (Å²) in [6.07, 6.45) is 8.06. The van der Waals surface area contributed by atoms with Crippen LogP contribution in [0.4, 0.5) is 17.2 Å². The molecule has 2 aliphatic rings. The van der Waals surface area contributed by atoms with Crippen molar-refractivity contribution in [3.8, 4) is 16.9 Å². The summed E-state index contributed by atoms with van der Waals surface area (Å²) < 4.78 is 7.91. The molecule has 3 heterocycles. The molecule has 2 aromatic carbocycles. The highest BCUT2D eigenvalue weighted by molar-refractivity contribution is 6.06. The Morgan fingerprint density at radius 3 is 2.51 bits per heavy atom. The van der Waals surface area contributed by atoms with Gasteiger partial charge in [0, 0.05) is 67.7 Å². The average molecular weight is 585 g/mol. The van der Waals surface area contributed by atoms with Crippen LogP contribution >= 0.6 is 0 Å². The number of aromatic nitrogens is 3. The van der Waals surface area contributed by atoms with Gasteiger partial charge in [-0.05, 0) is 56.5 Å². The first-order valence-corrected chi connectivity index (χ1v) is 14.6. The molecule has 0 radical (unpaired) electrons. The minimum atomic E-state index is -0.531. The quantitative estimate of drug-likeness (QED) is 0.235. The third kappa shape index (κ3) is 5.75. The highest BCUT2D eigenvalue weighted by Crippen LogP contribution is 2.40.